The summed E-state index contributed by atoms with van der Waals surface area (Å²) in [4.78, 5) is 35.0. The van der Waals surface area contributed by atoms with E-state index in [1.165, 1.54) is 25.3 Å². The van der Waals surface area contributed by atoms with E-state index in [-0.39, 0.29) is 17.2 Å². The molecule has 0 spiro atoms. The Bertz CT molecular complexity index is 601. The van der Waals surface area contributed by atoms with Crippen LogP contribution in [0, 0.1) is 16.0 Å². The molecule has 0 aliphatic carbocycles. The molecule has 0 unspecified atom stereocenters. The van der Waals surface area contributed by atoms with Crippen LogP contribution in [0.3, 0.4) is 0 Å². The molecular formula is C13H15N3O5. The number of methoxy groups -OCH3 is 1. The molecule has 0 saturated carbocycles. The van der Waals surface area contributed by atoms with Crippen molar-refractivity contribution in [3.05, 3.63) is 33.9 Å². The van der Waals surface area contributed by atoms with Gasteiger partial charge in [0, 0.05) is 19.2 Å². The number of ether oxygens (including phenoxy) is 1. The van der Waals surface area contributed by atoms with E-state index >= 15 is 0 Å². The maximum Gasteiger partial charge on any atom is 0.338 e. The third-order valence-electron chi connectivity index (χ3n) is 3.52. The quantitative estimate of drug-likeness (QED) is 0.496. The number of hydrogen-bond acceptors (Lipinski definition) is 6. The summed E-state index contributed by atoms with van der Waals surface area (Å²) >= 11 is 0. The number of benzene rings is 1. The lowest BCUT2D eigenvalue weighted by atomic mass is 10.1. The van der Waals surface area contributed by atoms with Crippen molar-refractivity contribution in [1.29, 1.82) is 0 Å². The summed E-state index contributed by atoms with van der Waals surface area (Å²) in [7, 11) is 1.21. The van der Waals surface area contributed by atoms with Crippen molar-refractivity contribution in [2.24, 2.45) is 11.7 Å². The Balaban J connectivity index is 2.34. The molecule has 1 heterocycles. The first-order chi connectivity index (χ1) is 9.93. The van der Waals surface area contributed by atoms with E-state index in [1.807, 2.05) is 0 Å². The van der Waals surface area contributed by atoms with Gasteiger partial charge in [-0.3, -0.25) is 14.9 Å². The molecule has 112 valence electrons. The number of nitro benzene ring substituents is 1. The summed E-state index contributed by atoms with van der Waals surface area (Å²) < 4.78 is 4.55. The summed E-state index contributed by atoms with van der Waals surface area (Å²) in [5, 5.41) is 11.2. The Labute approximate surface area is 120 Å². The number of esters is 1. The van der Waals surface area contributed by atoms with Crippen molar-refractivity contribution >= 4 is 23.3 Å². The Morgan fingerprint density at radius 2 is 2.19 bits per heavy atom. The smallest absolute Gasteiger partial charge is 0.338 e. The highest BCUT2D eigenvalue weighted by Crippen LogP contribution is 2.33. The van der Waals surface area contributed by atoms with E-state index in [2.05, 4.69) is 4.74 Å². The molecular weight excluding hydrogens is 278 g/mol. The molecule has 0 aromatic heterocycles. The van der Waals surface area contributed by atoms with Crippen LogP contribution in [0.4, 0.5) is 11.4 Å². The highest BCUT2D eigenvalue weighted by atomic mass is 16.6. The first kappa shape index (κ1) is 14.8. The topological polar surface area (TPSA) is 116 Å². The fourth-order valence-corrected chi connectivity index (χ4v) is 2.39. The number of rotatable bonds is 4. The van der Waals surface area contributed by atoms with Gasteiger partial charge in [-0.05, 0) is 18.6 Å². The lowest BCUT2D eigenvalue weighted by molar-refractivity contribution is -0.384. The van der Waals surface area contributed by atoms with E-state index in [9.17, 15) is 19.7 Å². The van der Waals surface area contributed by atoms with Crippen molar-refractivity contribution < 1.29 is 19.2 Å². The molecule has 1 aliphatic heterocycles. The van der Waals surface area contributed by atoms with Gasteiger partial charge in [0.2, 0.25) is 5.91 Å². The first-order valence-corrected chi connectivity index (χ1v) is 6.35. The number of amides is 1. The van der Waals surface area contributed by atoms with Gasteiger partial charge in [0.05, 0.1) is 23.5 Å². The second kappa shape index (κ2) is 5.78. The number of nitrogens with zero attached hydrogens (tertiary/aromatic N) is 2. The minimum atomic E-state index is -0.638. The van der Waals surface area contributed by atoms with Crippen LogP contribution in [0.15, 0.2) is 18.2 Å². The van der Waals surface area contributed by atoms with Crippen LogP contribution < -0.4 is 10.6 Å². The molecule has 1 atom stereocenters. The highest BCUT2D eigenvalue weighted by Gasteiger charge is 2.31. The number of nitrogens with two attached hydrogens (primary N) is 1. The van der Waals surface area contributed by atoms with Crippen LogP contribution >= 0.6 is 0 Å². The van der Waals surface area contributed by atoms with Crippen LogP contribution in [0.2, 0.25) is 0 Å². The summed E-state index contributed by atoms with van der Waals surface area (Å²) in [5.41, 5.74) is 5.55. The van der Waals surface area contributed by atoms with Gasteiger partial charge in [-0.1, -0.05) is 0 Å². The Morgan fingerprint density at radius 1 is 1.48 bits per heavy atom. The second-order valence-corrected chi connectivity index (χ2v) is 4.79. The number of hydrogen-bond donors (Lipinski definition) is 1. The third kappa shape index (κ3) is 2.93. The van der Waals surface area contributed by atoms with E-state index in [0.717, 1.165) is 0 Å². The predicted octanol–water partition coefficient (Wildman–Crippen LogP) is 0.693. The van der Waals surface area contributed by atoms with Crippen molar-refractivity contribution in [1.82, 2.24) is 0 Å². The maximum atomic E-state index is 11.4. The van der Waals surface area contributed by atoms with Gasteiger partial charge >= 0.3 is 5.97 Å². The summed E-state index contributed by atoms with van der Waals surface area (Å²) in [6, 6.07) is 4.14. The molecule has 1 aromatic rings. The molecule has 8 nitrogen and oxygen atoms in total. The zero-order chi connectivity index (χ0) is 15.6. The molecule has 1 aliphatic rings. The SMILES string of the molecule is COC(=O)c1ccc(N2CC[C@H](C(N)=O)C2)c([N+](=O)[O-])c1. The highest BCUT2D eigenvalue weighted by molar-refractivity contribution is 5.91. The van der Waals surface area contributed by atoms with Gasteiger partial charge in [0.1, 0.15) is 5.69 Å². The van der Waals surface area contributed by atoms with Gasteiger partial charge in [-0.15, -0.1) is 0 Å². The zero-order valence-electron chi connectivity index (χ0n) is 11.4. The van der Waals surface area contributed by atoms with Crippen molar-refractivity contribution in [3.8, 4) is 0 Å². The van der Waals surface area contributed by atoms with Crippen LogP contribution in [0.1, 0.15) is 16.8 Å². The molecule has 1 amide bonds. The molecule has 1 saturated heterocycles. The predicted molar refractivity (Wildman–Crippen MR) is 74.0 cm³/mol. The Morgan fingerprint density at radius 3 is 2.71 bits per heavy atom. The van der Waals surface area contributed by atoms with Gasteiger partial charge < -0.3 is 15.4 Å². The Kier molecular flexibility index (Phi) is 4.06. The van der Waals surface area contributed by atoms with Crippen molar-refractivity contribution in [2.45, 2.75) is 6.42 Å². The maximum absolute atomic E-state index is 11.4. The number of anilines is 1. The lowest BCUT2D eigenvalue weighted by Crippen LogP contribution is -2.27. The summed E-state index contributed by atoms with van der Waals surface area (Å²) in [6.45, 7) is 0.847. The molecule has 0 bridgehead atoms. The van der Waals surface area contributed by atoms with E-state index in [0.29, 0.717) is 25.2 Å². The fraction of sp³-hybridized carbons (Fsp3) is 0.385. The Hall–Kier alpha value is -2.64. The molecule has 2 rings (SSSR count). The molecule has 1 aromatic carbocycles. The van der Waals surface area contributed by atoms with Gasteiger partial charge in [-0.2, -0.15) is 0 Å². The average molecular weight is 293 g/mol. The van der Waals surface area contributed by atoms with Gasteiger partial charge in [0.15, 0.2) is 0 Å². The van der Waals surface area contributed by atoms with E-state index in [4.69, 9.17) is 5.73 Å². The zero-order valence-corrected chi connectivity index (χ0v) is 11.4. The first-order valence-electron chi connectivity index (χ1n) is 6.35. The monoisotopic (exact) mass is 293 g/mol. The molecule has 1 fully saturated rings. The van der Waals surface area contributed by atoms with Crippen molar-refractivity contribution in [3.63, 3.8) is 0 Å². The number of carbonyl (C=O) groups excluding carboxylic acids is 2. The average Bonchev–Trinajstić information content (AvgIpc) is 2.95. The lowest BCUT2D eigenvalue weighted by Gasteiger charge is -2.18. The second-order valence-electron chi connectivity index (χ2n) is 4.79. The fourth-order valence-electron chi connectivity index (χ4n) is 2.39. The molecule has 8 heteroatoms. The van der Waals surface area contributed by atoms with Crippen LogP contribution in [0.5, 0.6) is 0 Å². The number of nitro groups is 1. The van der Waals surface area contributed by atoms with Crippen LogP contribution in [0.25, 0.3) is 0 Å². The summed E-state index contributed by atoms with van der Waals surface area (Å²) in [5.74, 6) is -1.36. The third-order valence-corrected chi connectivity index (χ3v) is 3.52. The van der Waals surface area contributed by atoms with E-state index in [1.54, 1.807) is 4.90 Å². The minimum absolute atomic E-state index is 0.110. The molecule has 2 N–H and O–H groups in total. The summed E-state index contributed by atoms with van der Waals surface area (Å²) in [6.07, 6.45) is 0.561. The number of carbonyl (C=O) groups is 2. The van der Waals surface area contributed by atoms with Gasteiger partial charge in [0.25, 0.3) is 5.69 Å². The van der Waals surface area contributed by atoms with Crippen LogP contribution in [-0.4, -0.2) is 37.0 Å². The standard InChI is InChI=1S/C13H15N3O5/c1-21-13(18)8-2-3-10(11(6-8)16(19)20)15-5-4-9(7-15)12(14)17/h2-3,6,9H,4-5,7H2,1H3,(H2,14,17)/t9-/m0/s1. The molecule has 21 heavy (non-hydrogen) atoms. The van der Waals surface area contributed by atoms with Crippen LogP contribution in [-0.2, 0) is 9.53 Å². The normalized spacial score (nSPS) is 17.6. The number of primary amides is 1. The van der Waals surface area contributed by atoms with E-state index < -0.39 is 16.8 Å². The molecule has 0 radical (unpaired) electrons. The van der Waals surface area contributed by atoms with Crippen molar-refractivity contribution in [2.75, 3.05) is 25.1 Å². The largest absolute Gasteiger partial charge is 0.465 e. The van der Waals surface area contributed by atoms with Gasteiger partial charge in [-0.25, -0.2) is 4.79 Å². The minimum Gasteiger partial charge on any atom is -0.465 e.